The van der Waals surface area contributed by atoms with Gasteiger partial charge in [0.05, 0.1) is 13.5 Å². The van der Waals surface area contributed by atoms with Crippen LogP contribution in [-0.2, 0) is 19.1 Å². The second-order valence-electron chi connectivity index (χ2n) is 9.34. The number of primary amides is 1. The number of para-hydroxylation sites is 1. The summed E-state index contributed by atoms with van der Waals surface area (Å²) in [7, 11) is 1.49. The summed E-state index contributed by atoms with van der Waals surface area (Å²) in [4.78, 5) is 52.0. The van der Waals surface area contributed by atoms with E-state index in [2.05, 4.69) is 16.7 Å². The van der Waals surface area contributed by atoms with Crippen molar-refractivity contribution in [3.63, 3.8) is 0 Å². The van der Waals surface area contributed by atoms with Gasteiger partial charge in [-0.3, -0.25) is 19.3 Å². The first-order valence-electron chi connectivity index (χ1n) is 11.6. The van der Waals surface area contributed by atoms with E-state index in [0.29, 0.717) is 21.9 Å². The Kier molecular flexibility index (Phi) is 9.70. The summed E-state index contributed by atoms with van der Waals surface area (Å²) >= 11 is 0. The van der Waals surface area contributed by atoms with Crippen LogP contribution in [-0.4, -0.2) is 52.6 Å². The Balaban J connectivity index is 2.51. The number of benzene rings is 2. The number of carbonyl (C=O) groups is 4. The second-order valence-corrected chi connectivity index (χ2v) is 9.34. The Hall–Kier alpha value is -4.72. The van der Waals surface area contributed by atoms with Crippen molar-refractivity contribution in [1.82, 2.24) is 10.2 Å². The Bertz CT molecular complexity index is 1230. The molecule has 2 atom stereocenters. The number of ether oxygens (including phenoxy) is 2. The lowest BCUT2D eigenvalue weighted by molar-refractivity contribution is -0.138. The Labute approximate surface area is 221 Å². The fraction of sp³-hybridized carbons (Fsp3) is 0.333. The summed E-state index contributed by atoms with van der Waals surface area (Å²) < 4.78 is 10.3. The van der Waals surface area contributed by atoms with Gasteiger partial charge in [0, 0.05) is 17.3 Å². The number of hydrogen-bond donors (Lipinski definition) is 4. The van der Waals surface area contributed by atoms with Crippen molar-refractivity contribution in [2.24, 2.45) is 5.73 Å². The van der Waals surface area contributed by atoms with Crippen molar-refractivity contribution in [3.8, 4) is 24.0 Å². The Morgan fingerprint density at radius 2 is 1.76 bits per heavy atom. The van der Waals surface area contributed by atoms with Crippen molar-refractivity contribution in [2.45, 2.75) is 51.8 Å². The molecule has 2 unspecified atom stereocenters. The SMILES string of the molecule is C#CN(C(=O)C(CC(N)=O)NC(=O)OC(C)(C)C)C(C(=O)Nc1ccc(OC)cc1)c1cccc(C)c1O. The number of nitrogens with two attached hydrogens (primary N) is 1. The molecule has 5 N–H and O–H groups in total. The van der Waals surface area contributed by atoms with Crippen molar-refractivity contribution >= 4 is 29.5 Å². The number of aryl methyl sites for hydroxylation is 1. The molecule has 38 heavy (non-hydrogen) atoms. The lowest BCUT2D eigenvalue weighted by atomic mass is 9.99. The first-order valence-corrected chi connectivity index (χ1v) is 11.6. The highest BCUT2D eigenvalue weighted by atomic mass is 16.6. The smallest absolute Gasteiger partial charge is 0.408 e. The number of carbonyl (C=O) groups excluding carboxylic acids is 4. The number of amides is 4. The van der Waals surface area contributed by atoms with Gasteiger partial charge < -0.3 is 30.9 Å². The number of terminal acetylenes is 1. The normalized spacial score (nSPS) is 12.3. The van der Waals surface area contributed by atoms with Gasteiger partial charge in [0.25, 0.3) is 11.8 Å². The van der Waals surface area contributed by atoms with Crippen LogP contribution in [0.1, 0.15) is 44.4 Å². The van der Waals surface area contributed by atoms with E-state index in [4.69, 9.17) is 21.6 Å². The molecule has 0 aliphatic heterocycles. The van der Waals surface area contributed by atoms with E-state index in [1.807, 2.05) is 0 Å². The van der Waals surface area contributed by atoms with Crippen LogP contribution >= 0.6 is 0 Å². The van der Waals surface area contributed by atoms with Crippen LogP contribution in [0, 0.1) is 19.4 Å². The average molecular weight is 525 g/mol. The number of methoxy groups -OCH3 is 1. The third-order valence-corrected chi connectivity index (χ3v) is 5.20. The Morgan fingerprint density at radius 1 is 1.13 bits per heavy atom. The monoisotopic (exact) mass is 524 g/mol. The fourth-order valence-corrected chi connectivity index (χ4v) is 3.47. The number of nitrogens with one attached hydrogen (secondary N) is 2. The predicted octanol–water partition coefficient (Wildman–Crippen LogP) is 2.58. The van der Waals surface area contributed by atoms with Crippen molar-refractivity contribution in [2.75, 3.05) is 12.4 Å². The number of phenols is 1. The molecule has 0 spiro atoms. The number of rotatable bonds is 9. The number of aromatic hydroxyl groups is 1. The molecule has 0 aliphatic rings. The quantitative estimate of drug-likeness (QED) is 0.290. The molecule has 0 saturated heterocycles. The zero-order chi connectivity index (χ0) is 28.6. The van der Waals surface area contributed by atoms with Gasteiger partial charge >= 0.3 is 6.09 Å². The van der Waals surface area contributed by atoms with Gasteiger partial charge in [-0.25, -0.2) is 4.79 Å². The zero-order valence-corrected chi connectivity index (χ0v) is 21.9. The van der Waals surface area contributed by atoms with Crippen molar-refractivity contribution in [3.05, 3.63) is 53.6 Å². The number of alkyl carbamates (subject to hydrolysis) is 1. The molecule has 2 aromatic carbocycles. The summed E-state index contributed by atoms with van der Waals surface area (Å²) in [5, 5.41) is 15.7. The average Bonchev–Trinajstić information content (AvgIpc) is 2.82. The van der Waals surface area contributed by atoms with Gasteiger partial charge in [-0.1, -0.05) is 24.6 Å². The summed E-state index contributed by atoms with van der Waals surface area (Å²) in [6.45, 7) is 6.46. The summed E-state index contributed by atoms with van der Waals surface area (Å²) in [6, 6.07) is 10.1. The minimum Gasteiger partial charge on any atom is -0.507 e. The van der Waals surface area contributed by atoms with E-state index < -0.39 is 47.9 Å². The van der Waals surface area contributed by atoms with E-state index in [9.17, 15) is 24.3 Å². The van der Waals surface area contributed by atoms with E-state index >= 15 is 0 Å². The van der Waals surface area contributed by atoms with Gasteiger partial charge in [0.15, 0.2) is 6.04 Å². The predicted molar refractivity (Wildman–Crippen MR) is 140 cm³/mol. The number of anilines is 1. The summed E-state index contributed by atoms with van der Waals surface area (Å²) in [5.41, 5.74) is 5.22. The van der Waals surface area contributed by atoms with Gasteiger partial charge in [-0.2, -0.15) is 0 Å². The molecular formula is C27H32N4O7. The zero-order valence-electron chi connectivity index (χ0n) is 21.9. The van der Waals surface area contributed by atoms with Gasteiger partial charge in [0.2, 0.25) is 5.91 Å². The fourth-order valence-electron chi connectivity index (χ4n) is 3.47. The maximum absolute atomic E-state index is 13.6. The van der Waals surface area contributed by atoms with Gasteiger partial charge in [0.1, 0.15) is 23.1 Å². The lowest BCUT2D eigenvalue weighted by Gasteiger charge is -2.30. The summed E-state index contributed by atoms with van der Waals surface area (Å²) in [5.74, 6) is -2.37. The molecule has 2 rings (SSSR count). The van der Waals surface area contributed by atoms with Crippen LogP contribution in [0.5, 0.6) is 11.5 Å². The molecule has 0 heterocycles. The molecule has 11 nitrogen and oxygen atoms in total. The molecule has 4 amide bonds. The highest BCUT2D eigenvalue weighted by molar-refractivity contribution is 6.00. The standard InChI is InChI=1S/C27H32N4O7/c1-7-31(25(35)20(15-21(28)32)30-26(36)38-27(3,4)5)22(19-10-8-9-16(2)23(19)33)24(34)29-17-11-13-18(37-6)14-12-17/h1,8-14,20,22,33H,15H2,2-6H3,(H2,28,32)(H,29,34)(H,30,36). The number of hydrogen-bond acceptors (Lipinski definition) is 7. The molecular weight excluding hydrogens is 492 g/mol. The molecule has 0 radical (unpaired) electrons. The largest absolute Gasteiger partial charge is 0.507 e. The summed E-state index contributed by atoms with van der Waals surface area (Å²) in [6.07, 6.45) is 4.07. The molecule has 202 valence electrons. The molecule has 0 fully saturated rings. The third-order valence-electron chi connectivity index (χ3n) is 5.20. The molecule has 0 saturated carbocycles. The topological polar surface area (TPSA) is 160 Å². The van der Waals surface area contributed by atoms with Crippen LogP contribution in [0.25, 0.3) is 0 Å². The van der Waals surface area contributed by atoms with Crippen LogP contribution in [0.15, 0.2) is 42.5 Å². The highest BCUT2D eigenvalue weighted by Crippen LogP contribution is 2.33. The lowest BCUT2D eigenvalue weighted by Crippen LogP contribution is -2.52. The van der Waals surface area contributed by atoms with Crippen LogP contribution in [0.3, 0.4) is 0 Å². The van der Waals surface area contributed by atoms with Gasteiger partial charge in [-0.15, -0.1) is 0 Å². The van der Waals surface area contributed by atoms with E-state index in [1.165, 1.54) is 13.2 Å². The van der Waals surface area contributed by atoms with Crippen LogP contribution < -0.4 is 21.1 Å². The number of phenolic OH excluding ortho intramolecular Hbond substituents is 1. The first-order chi connectivity index (χ1) is 17.8. The maximum Gasteiger partial charge on any atom is 0.408 e. The van der Waals surface area contributed by atoms with Gasteiger partial charge in [-0.05, 0) is 57.5 Å². The minimum atomic E-state index is -1.55. The van der Waals surface area contributed by atoms with Crippen LogP contribution in [0.2, 0.25) is 0 Å². The van der Waals surface area contributed by atoms with E-state index in [-0.39, 0.29) is 11.3 Å². The molecule has 11 heteroatoms. The number of nitrogens with zero attached hydrogens (tertiary/aromatic N) is 1. The molecule has 2 aromatic rings. The third kappa shape index (κ3) is 7.89. The molecule has 0 aliphatic carbocycles. The van der Waals surface area contributed by atoms with E-state index in [0.717, 1.165) is 0 Å². The minimum absolute atomic E-state index is 0.0254. The maximum atomic E-state index is 13.6. The molecule has 0 aromatic heterocycles. The van der Waals surface area contributed by atoms with Crippen molar-refractivity contribution in [1.29, 1.82) is 0 Å². The second kappa shape index (κ2) is 12.5. The first kappa shape index (κ1) is 29.5. The Morgan fingerprint density at radius 3 is 2.29 bits per heavy atom. The molecule has 0 bridgehead atoms. The van der Waals surface area contributed by atoms with Crippen molar-refractivity contribution < 1.29 is 33.8 Å². The highest BCUT2D eigenvalue weighted by Gasteiger charge is 2.38. The van der Waals surface area contributed by atoms with Crippen LogP contribution in [0.4, 0.5) is 10.5 Å². The van der Waals surface area contributed by atoms with E-state index in [1.54, 1.807) is 64.1 Å².